The average molecular weight is 1000 g/mol. The predicted molar refractivity (Wildman–Crippen MR) is 304 cm³/mol. The van der Waals surface area contributed by atoms with Gasteiger partial charge < -0.3 is 18.9 Å². The van der Waals surface area contributed by atoms with Gasteiger partial charge in [0.15, 0.2) is 0 Å². The van der Waals surface area contributed by atoms with Gasteiger partial charge in [-0.25, -0.2) is 9.59 Å². The van der Waals surface area contributed by atoms with Crippen LogP contribution in [0.5, 0.6) is 0 Å². The summed E-state index contributed by atoms with van der Waals surface area (Å²) >= 11 is 0. The van der Waals surface area contributed by atoms with Crippen LogP contribution >= 0.6 is 0 Å². The van der Waals surface area contributed by atoms with Gasteiger partial charge in [0.25, 0.3) is 0 Å². The highest BCUT2D eigenvalue weighted by Crippen LogP contribution is 2.17. The molecular weight excluding hydrogens is 901 g/mol. The normalized spacial score (nSPS) is 15.2. The fourth-order valence-electron chi connectivity index (χ4n) is 7.02. The maximum Gasteiger partial charge on any atom is 0.333 e. The molecule has 0 aliphatic carbocycles. The molecule has 0 bridgehead atoms. The number of likely N-dealkylation sites (N-methyl/N-ethyl adjacent to an activating group) is 2. The summed E-state index contributed by atoms with van der Waals surface area (Å²) in [6.07, 6.45) is 3.71. The fraction of sp³-hybridized carbons (Fsp3) is 0.633. The van der Waals surface area contributed by atoms with Crippen LogP contribution in [0.4, 0.5) is 0 Å². The minimum Gasteiger partial charge on any atom is -0.461 e. The van der Waals surface area contributed by atoms with Crippen molar-refractivity contribution in [1.82, 2.24) is 29.4 Å². The molecule has 2 aliphatic rings. The van der Waals surface area contributed by atoms with E-state index in [4.69, 9.17) is 18.9 Å². The molecule has 0 atom stereocenters. The van der Waals surface area contributed by atoms with Crippen LogP contribution in [0.1, 0.15) is 119 Å². The van der Waals surface area contributed by atoms with Gasteiger partial charge in [0, 0.05) is 112 Å². The van der Waals surface area contributed by atoms with Crippen LogP contribution in [0.3, 0.4) is 0 Å². The maximum absolute atomic E-state index is 11.2. The van der Waals surface area contributed by atoms with Crippen molar-refractivity contribution in [2.75, 3.05) is 119 Å². The number of hydrogen-bond donors (Lipinski definition) is 0. The molecule has 72 heavy (non-hydrogen) atoms. The van der Waals surface area contributed by atoms with E-state index in [1.165, 1.54) is 11.1 Å². The van der Waals surface area contributed by atoms with Crippen LogP contribution in [0.15, 0.2) is 86.0 Å². The third-order valence-electron chi connectivity index (χ3n) is 13.0. The lowest BCUT2D eigenvalue weighted by atomic mass is 10.1. The fourth-order valence-corrected chi connectivity index (χ4v) is 7.02. The van der Waals surface area contributed by atoms with Crippen LogP contribution in [-0.4, -0.2) is 183 Å². The third-order valence-corrected chi connectivity index (χ3v) is 13.0. The number of esters is 2. The number of piperazine rings is 2. The molecule has 2 aromatic carbocycles. The Kier molecular flexibility index (Phi) is 30.3. The lowest BCUT2D eigenvalue weighted by Crippen LogP contribution is -2.53. The van der Waals surface area contributed by atoms with E-state index in [0.29, 0.717) is 43.1 Å². The standard InChI is InChI=1S/C19H30N2O.C16H25NO.C14H26N2O2.C11H21NO2/c1-5-17-6-8-18(9-7-17)16-22-15-14-20-10-12-21(13-11-20)19(2,3)4;1-6-14-7-9-15(10-8-14)13-18-12-11-17(5)16(2,3)4;1-12(2)13(17)18-11-10-15-6-8-16(9-7-15)14(3,4)5;1-9(2)10(13)14-8-7-12(6)11(3,4)5/h5-9H,1,10-16H2,2-4H3;6-10H,1,11-13H2,2-5H3;1,6-11H2,2-5H3;1,7-8H2,2-6H3. The summed E-state index contributed by atoms with van der Waals surface area (Å²) in [5.74, 6) is -0.601. The predicted octanol–water partition coefficient (Wildman–Crippen LogP) is 10.2. The molecule has 0 N–H and O–H groups in total. The average Bonchev–Trinajstić information content (AvgIpc) is 3.31. The Morgan fingerprint density at radius 1 is 0.514 bits per heavy atom. The SMILES string of the molecule is C=C(C)C(=O)OCCN(C)C(C)(C)C.C=C(C)C(=O)OCCN1CCN(C(C)(C)C)CC1.C=Cc1ccc(COCCN(C)C(C)(C)C)cc1.C=Cc1ccc(COCCN2CCN(C(C)(C)C)CC2)cc1. The van der Waals surface area contributed by atoms with Gasteiger partial charge in [0.2, 0.25) is 0 Å². The number of hydrogen-bond acceptors (Lipinski definition) is 12. The third kappa shape index (κ3) is 29.0. The van der Waals surface area contributed by atoms with Crippen molar-refractivity contribution >= 4 is 24.1 Å². The Labute approximate surface area is 440 Å². The second kappa shape index (κ2) is 33.0. The largest absolute Gasteiger partial charge is 0.461 e. The van der Waals surface area contributed by atoms with E-state index < -0.39 is 0 Å². The first-order valence-electron chi connectivity index (χ1n) is 26.1. The summed E-state index contributed by atoms with van der Waals surface area (Å²) < 4.78 is 21.6. The molecule has 0 spiro atoms. The summed E-state index contributed by atoms with van der Waals surface area (Å²) in [7, 11) is 4.14. The summed E-state index contributed by atoms with van der Waals surface area (Å²) in [5.41, 5.74) is 6.49. The molecule has 12 heteroatoms. The summed E-state index contributed by atoms with van der Waals surface area (Å²) in [6.45, 7) is 60.7. The highest BCUT2D eigenvalue weighted by molar-refractivity contribution is 5.87. The molecule has 0 radical (unpaired) electrons. The van der Waals surface area contributed by atoms with Gasteiger partial charge in [-0.2, -0.15) is 0 Å². The topological polar surface area (TPSA) is 90.5 Å². The van der Waals surface area contributed by atoms with E-state index in [1.807, 2.05) is 19.2 Å². The van der Waals surface area contributed by atoms with Gasteiger partial charge in [-0.15, -0.1) is 0 Å². The number of rotatable bonds is 20. The second-order valence-corrected chi connectivity index (χ2v) is 23.0. The molecule has 12 nitrogen and oxygen atoms in total. The first-order valence-corrected chi connectivity index (χ1v) is 26.1. The van der Waals surface area contributed by atoms with E-state index in [-0.39, 0.29) is 28.6 Å². The minimum absolute atomic E-state index is 0.107. The lowest BCUT2D eigenvalue weighted by Gasteiger charge is -2.42. The number of carbonyl (C=O) groups is 2. The molecule has 2 heterocycles. The van der Waals surface area contributed by atoms with E-state index in [2.05, 4.69) is 194 Å². The lowest BCUT2D eigenvalue weighted by molar-refractivity contribution is -0.140. The molecule has 0 aromatic heterocycles. The van der Waals surface area contributed by atoms with Crippen molar-refractivity contribution in [2.24, 2.45) is 0 Å². The van der Waals surface area contributed by atoms with Crippen LogP contribution in [0.25, 0.3) is 12.2 Å². The van der Waals surface area contributed by atoms with Gasteiger partial charge in [-0.3, -0.25) is 29.4 Å². The van der Waals surface area contributed by atoms with Crippen LogP contribution in [-0.2, 0) is 41.8 Å². The molecule has 0 amide bonds. The van der Waals surface area contributed by atoms with Crippen molar-refractivity contribution in [2.45, 2.75) is 132 Å². The number of nitrogens with zero attached hydrogens (tertiary/aromatic N) is 6. The van der Waals surface area contributed by atoms with E-state index in [1.54, 1.807) is 13.8 Å². The van der Waals surface area contributed by atoms with Crippen molar-refractivity contribution in [3.63, 3.8) is 0 Å². The molecule has 0 unspecified atom stereocenters. The smallest absolute Gasteiger partial charge is 0.333 e. The Morgan fingerprint density at radius 3 is 1.15 bits per heavy atom. The molecule has 408 valence electrons. The van der Waals surface area contributed by atoms with Crippen LogP contribution in [0, 0.1) is 0 Å². The Hall–Kier alpha value is -3.98. The zero-order chi connectivity index (χ0) is 54.7. The zero-order valence-corrected chi connectivity index (χ0v) is 48.5. The van der Waals surface area contributed by atoms with E-state index in [0.717, 1.165) is 103 Å². The number of carbonyl (C=O) groups excluding carboxylic acids is 2. The molecule has 2 saturated heterocycles. The maximum atomic E-state index is 11.2. The van der Waals surface area contributed by atoms with Gasteiger partial charge >= 0.3 is 11.9 Å². The molecule has 2 aliphatic heterocycles. The Balaban J connectivity index is 0.000000486. The van der Waals surface area contributed by atoms with Gasteiger partial charge in [-0.05, 0) is 133 Å². The number of ether oxygens (including phenoxy) is 4. The monoisotopic (exact) mass is 1000 g/mol. The van der Waals surface area contributed by atoms with Crippen molar-refractivity contribution in [1.29, 1.82) is 0 Å². The van der Waals surface area contributed by atoms with Gasteiger partial charge in [-0.1, -0.05) is 87.0 Å². The highest BCUT2D eigenvalue weighted by atomic mass is 16.5. The second-order valence-electron chi connectivity index (χ2n) is 23.0. The Morgan fingerprint density at radius 2 is 0.833 bits per heavy atom. The zero-order valence-electron chi connectivity index (χ0n) is 48.5. The highest BCUT2D eigenvalue weighted by Gasteiger charge is 2.27. The first kappa shape index (κ1) is 66.0. The summed E-state index contributed by atoms with van der Waals surface area (Å²) in [6, 6.07) is 16.7. The van der Waals surface area contributed by atoms with Gasteiger partial charge in [0.1, 0.15) is 13.2 Å². The van der Waals surface area contributed by atoms with Gasteiger partial charge in [0.05, 0.1) is 26.4 Å². The van der Waals surface area contributed by atoms with E-state index >= 15 is 0 Å². The van der Waals surface area contributed by atoms with Crippen molar-refractivity contribution in [3.8, 4) is 0 Å². The molecule has 2 fully saturated rings. The van der Waals surface area contributed by atoms with Crippen LogP contribution in [0.2, 0.25) is 0 Å². The Bertz CT molecular complexity index is 1870. The molecular formula is C60H102N6O6. The molecule has 2 aromatic rings. The quantitative estimate of drug-likeness (QED) is 0.0719. The van der Waals surface area contributed by atoms with Crippen molar-refractivity contribution < 1.29 is 28.5 Å². The minimum atomic E-state index is -0.313. The number of benzene rings is 2. The summed E-state index contributed by atoms with van der Waals surface area (Å²) in [5, 5.41) is 0. The van der Waals surface area contributed by atoms with Crippen molar-refractivity contribution in [3.05, 3.63) is 108 Å². The molecule has 0 saturated carbocycles. The molecule has 4 rings (SSSR count). The van der Waals surface area contributed by atoms with E-state index in [9.17, 15) is 9.59 Å². The first-order chi connectivity index (χ1) is 33.5. The summed E-state index contributed by atoms with van der Waals surface area (Å²) in [4.78, 5) is 36.6. The van der Waals surface area contributed by atoms with Crippen LogP contribution < -0.4 is 0 Å².